The first kappa shape index (κ1) is 17.4. The van der Waals surface area contributed by atoms with Crippen molar-refractivity contribution in [2.45, 2.75) is 19.4 Å². The number of furan rings is 1. The number of hydrogen-bond acceptors (Lipinski definition) is 4. The maximum absolute atomic E-state index is 12.5. The van der Waals surface area contributed by atoms with Gasteiger partial charge in [0.25, 0.3) is 5.91 Å². The molecule has 1 aromatic carbocycles. The zero-order valence-corrected chi connectivity index (χ0v) is 15.2. The Morgan fingerprint density at radius 2 is 2.12 bits per heavy atom. The third-order valence-electron chi connectivity index (χ3n) is 3.85. The molecule has 0 saturated heterocycles. The topological polar surface area (TPSA) is 80.3 Å². The largest absolute Gasteiger partial charge is 0.467 e. The van der Waals surface area contributed by atoms with Crippen LogP contribution in [0.15, 0.2) is 57.7 Å². The number of aromatic nitrogens is 2. The summed E-state index contributed by atoms with van der Waals surface area (Å²) in [5.41, 5.74) is 2.19. The summed E-state index contributed by atoms with van der Waals surface area (Å²) in [5, 5.41) is 17.1. The van der Waals surface area contributed by atoms with Gasteiger partial charge in [-0.1, -0.05) is 22.9 Å². The molecule has 1 unspecified atom stereocenters. The molecule has 3 aromatic rings. The van der Waals surface area contributed by atoms with Gasteiger partial charge in [0.15, 0.2) is 0 Å². The second kappa shape index (κ2) is 7.67. The van der Waals surface area contributed by atoms with E-state index in [0.717, 1.165) is 15.9 Å². The van der Waals surface area contributed by atoms with Gasteiger partial charge >= 0.3 is 0 Å². The summed E-state index contributed by atoms with van der Waals surface area (Å²) in [5.74, 6) is 0.146. The zero-order chi connectivity index (χ0) is 17.8. The van der Waals surface area contributed by atoms with Crippen LogP contribution in [0.3, 0.4) is 0 Å². The zero-order valence-electron chi connectivity index (χ0n) is 13.6. The van der Waals surface area contributed by atoms with Gasteiger partial charge in [0, 0.05) is 4.47 Å². The number of hydrogen-bond donors (Lipinski definition) is 2. The van der Waals surface area contributed by atoms with Gasteiger partial charge in [0.05, 0.1) is 35.9 Å². The molecule has 1 atom stereocenters. The van der Waals surface area contributed by atoms with E-state index in [-0.39, 0.29) is 12.5 Å². The summed E-state index contributed by atoms with van der Waals surface area (Å²) in [6.07, 6.45) is 2.80. The predicted octanol–water partition coefficient (Wildman–Crippen LogP) is 3.25. The van der Waals surface area contributed by atoms with Gasteiger partial charge in [-0.05, 0) is 42.8 Å². The Morgan fingerprint density at radius 1 is 1.36 bits per heavy atom. The second-order valence-corrected chi connectivity index (χ2v) is 6.40. The van der Waals surface area contributed by atoms with Crippen LogP contribution in [0, 0.1) is 0 Å². The van der Waals surface area contributed by atoms with Crippen molar-refractivity contribution in [3.05, 3.63) is 70.3 Å². The minimum Gasteiger partial charge on any atom is -0.467 e. The third kappa shape index (κ3) is 3.83. The van der Waals surface area contributed by atoms with E-state index in [4.69, 9.17) is 4.42 Å². The first-order valence-corrected chi connectivity index (χ1v) is 8.72. The van der Waals surface area contributed by atoms with Crippen molar-refractivity contribution in [1.29, 1.82) is 0 Å². The maximum atomic E-state index is 12.5. The first-order chi connectivity index (χ1) is 12.1. The molecule has 0 fully saturated rings. The number of aliphatic hydroxyl groups is 1. The molecular weight excluding hydrogens is 386 g/mol. The van der Waals surface area contributed by atoms with Crippen molar-refractivity contribution >= 4 is 21.8 Å². The average molecular weight is 404 g/mol. The lowest BCUT2D eigenvalue weighted by Gasteiger charge is -2.11. The Balaban J connectivity index is 1.75. The minimum absolute atomic E-state index is 0.0684. The standard InChI is InChI=1S/C18H18BrN3O3/c1-2-15-14(10-21-22(15)13-7-5-12(19)6-8-13)18(24)20-11-16(23)17-4-3-9-25-17/h3-10,16,23H,2,11H2,1H3,(H,20,24). The Morgan fingerprint density at radius 3 is 2.76 bits per heavy atom. The molecule has 6 nitrogen and oxygen atoms in total. The molecule has 0 spiro atoms. The van der Waals surface area contributed by atoms with Crippen molar-refractivity contribution in [3.63, 3.8) is 0 Å². The van der Waals surface area contributed by atoms with Crippen molar-refractivity contribution in [2.75, 3.05) is 6.54 Å². The highest BCUT2D eigenvalue weighted by molar-refractivity contribution is 9.10. The van der Waals surface area contributed by atoms with Crippen LogP contribution in [0.2, 0.25) is 0 Å². The van der Waals surface area contributed by atoms with Gasteiger partial charge in [0.1, 0.15) is 11.9 Å². The van der Waals surface area contributed by atoms with E-state index in [1.165, 1.54) is 6.26 Å². The molecule has 25 heavy (non-hydrogen) atoms. The number of halogens is 1. The molecule has 0 aliphatic heterocycles. The molecule has 1 amide bonds. The van der Waals surface area contributed by atoms with E-state index in [0.29, 0.717) is 17.7 Å². The van der Waals surface area contributed by atoms with E-state index < -0.39 is 6.10 Å². The number of nitrogens with zero attached hydrogens (tertiary/aromatic N) is 2. The molecule has 130 valence electrons. The van der Waals surface area contributed by atoms with Crippen LogP contribution in [-0.2, 0) is 6.42 Å². The predicted molar refractivity (Wildman–Crippen MR) is 96.6 cm³/mol. The number of benzene rings is 1. The molecule has 0 saturated carbocycles. The van der Waals surface area contributed by atoms with Crippen LogP contribution in [0.5, 0.6) is 0 Å². The van der Waals surface area contributed by atoms with Crippen LogP contribution in [0.25, 0.3) is 5.69 Å². The lowest BCUT2D eigenvalue weighted by molar-refractivity contribution is 0.0900. The van der Waals surface area contributed by atoms with E-state index in [9.17, 15) is 9.90 Å². The highest BCUT2D eigenvalue weighted by Crippen LogP contribution is 2.19. The number of carbonyl (C=O) groups is 1. The van der Waals surface area contributed by atoms with Gasteiger partial charge in [-0.2, -0.15) is 5.10 Å². The third-order valence-corrected chi connectivity index (χ3v) is 4.38. The molecule has 2 heterocycles. The summed E-state index contributed by atoms with van der Waals surface area (Å²) in [7, 11) is 0. The normalized spacial score (nSPS) is 12.1. The van der Waals surface area contributed by atoms with Gasteiger partial charge in [-0.3, -0.25) is 4.79 Å². The highest BCUT2D eigenvalue weighted by atomic mass is 79.9. The minimum atomic E-state index is -0.884. The van der Waals surface area contributed by atoms with Gasteiger partial charge in [-0.15, -0.1) is 0 Å². The van der Waals surface area contributed by atoms with E-state index in [2.05, 4.69) is 26.3 Å². The maximum Gasteiger partial charge on any atom is 0.254 e. The van der Waals surface area contributed by atoms with E-state index in [1.54, 1.807) is 23.0 Å². The molecule has 0 radical (unpaired) electrons. The van der Waals surface area contributed by atoms with E-state index in [1.807, 2.05) is 31.2 Å². The second-order valence-electron chi connectivity index (χ2n) is 5.49. The number of rotatable bonds is 6. The summed E-state index contributed by atoms with van der Waals surface area (Å²) in [6, 6.07) is 11.1. The van der Waals surface area contributed by atoms with Crippen molar-refractivity contribution in [3.8, 4) is 5.69 Å². The van der Waals surface area contributed by atoms with Crippen LogP contribution in [0.1, 0.15) is 34.8 Å². The van der Waals surface area contributed by atoms with Gasteiger partial charge in [-0.25, -0.2) is 4.68 Å². The average Bonchev–Trinajstić information content (AvgIpc) is 3.29. The molecular formula is C18H18BrN3O3. The Kier molecular flexibility index (Phi) is 5.35. The van der Waals surface area contributed by atoms with Gasteiger partial charge in [0.2, 0.25) is 0 Å². The van der Waals surface area contributed by atoms with Gasteiger partial charge < -0.3 is 14.8 Å². The number of carbonyl (C=O) groups excluding carboxylic acids is 1. The van der Waals surface area contributed by atoms with Crippen LogP contribution >= 0.6 is 15.9 Å². The lowest BCUT2D eigenvalue weighted by atomic mass is 10.1. The molecule has 3 rings (SSSR count). The summed E-state index contributed by atoms with van der Waals surface area (Å²) >= 11 is 3.41. The lowest BCUT2D eigenvalue weighted by Crippen LogP contribution is -2.28. The molecule has 0 bridgehead atoms. The van der Waals surface area contributed by atoms with Crippen molar-refractivity contribution in [1.82, 2.24) is 15.1 Å². The Bertz CT molecular complexity index is 841. The van der Waals surface area contributed by atoms with E-state index >= 15 is 0 Å². The fourth-order valence-electron chi connectivity index (χ4n) is 2.57. The molecule has 0 aliphatic rings. The van der Waals surface area contributed by atoms with Crippen LogP contribution in [0.4, 0.5) is 0 Å². The Labute approximate surface area is 153 Å². The van der Waals surface area contributed by atoms with Crippen molar-refractivity contribution < 1.29 is 14.3 Å². The smallest absolute Gasteiger partial charge is 0.254 e. The Hall–Kier alpha value is -2.38. The highest BCUT2D eigenvalue weighted by Gasteiger charge is 2.19. The fraction of sp³-hybridized carbons (Fsp3) is 0.222. The fourth-order valence-corrected chi connectivity index (χ4v) is 2.84. The number of amides is 1. The molecule has 2 N–H and O–H groups in total. The number of nitrogens with one attached hydrogen (secondary N) is 1. The molecule has 2 aromatic heterocycles. The number of aliphatic hydroxyl groups excluding tert-OH is 1. The molecule has 7 heteroatoms. The summed E-state index contributed by atoms with van der Waals surface area (Å²) < 4.78 is 7.86. The summed E-state index contributed by atoms with van der Waals surface area (Å²) in [6.45, 7) is 2.04. The monoisotopic (exact) mass is 403 g/mol. The molecule has 0 aliphatic carbocycles. The summed E-state index contributed by atoms with van der Waals surface area (Å²) in [4.78, 5) is 12.5. The van der Waals surface area contributed by atoms with Crippen LogP contribution in [-0.4, -0.2) is 27.3 Å². The quantitative estimate of drug-likeness (QED) is 0.661. The first-order valence-electron chi connectivity index (χ1n) is 7.92. The van der Waals surface area contributed by atoms with Crippen molar-refractivity contribution in [2.24, 2.45) is 0 Å². The SMILES string of the molecule is CCc1c(C(=O)NCC(O)c2ccco2)cnn1-c1ccc(Br)cc1. The van der Waals surface area contributed by atoms with Crippen LogP contribution < -0.4 is 5.32 Å².